The van der Waals surface area contributed by atoms with Crippen LogP contribution in [0.3, 0.4) is 0 Å². The highest BCUT2D eigenvalue weighted by Crippen LogP contribution is 2.02. The minimum atomic E-state index is -1.17. The molecule has 0 spiro atoms. The number of nitrogens with one attached hydrogen (secondary N) is 3. The maximum Gasteiger partial charge on any atom is 0.326 e. The largest absolute Gasteiger partial charge is 0.480 e. The number of aliphatic hydroxyl groups excluding tert-OH is 1. The zero-order chi connectivity index (χ0) is 21.5. The van der Waals surface area contributed by atoms with Gasteiger partial charge in [-0.3, -0.25) is 14.4 Å². The molecule has 12 heteroatoms. The molecule has 3 unspecified atom stereocenters. The highest BCUT2D eigenvalue weighted by atomic mass is 32.2. The number of rotatable bonds is 15. The number of amides is 3. The molecule has 0 saturated heterocycles. The fourth-order valence-electron chi connectivity index (χ4n) is 2.15. The number of thioether (sulfide) groups is 1. The lowest BCUT2D eigenvalue weighted by Gasteiger charge is -2.20. The summed E-state index contributed by atoms with van der Waals surface area (Å²) in [5, 5.41) is 25.2. The third kappa shape index (κ3) is 11.1. The van der Waals surface area contributed by atoms with Crippen LogP contribution in [-0.4, -0.2) is 83.7 Å². The van der Waals surface area contributed by atoms with Crippen LogP contribution in [0.5, 0.6) is 0 Å². The lowest BCUT2D eigenvalue weighted by molar-refractivity contribution is -0.141. The first-order valence-corrected chi connectivity index (χ1v) is 10.3. The van der Waals surface area contributed by atoms with Gasteiger partial charge in [-0.05, 0) is 44.2 Å². The van der Waals surface area contributed by atoms with Gasteiger partial charge >= 0.3 is 5.97 Å². The Morgan fingerprint density at radius 3 is 2.25 bits per heavy atom. The Morgan fingerprint density at radius 1 is 1.04 bits per heavy atom. The van der Waals surface area contributed by atoms with Crippen molar-refractivity contribution < 1.29 is 29.4 Å². The number of carbonyl (C=O) groups excluding carboxylic acids is 3. The summed E-state index contributed by atoms with van der Waals surface area (Å²) in [4.78, 5) is 47.2. The van der Waals surface area contributed by atoms with Crippen molar-refractivity contribution in [1.29, 1.82) is 0 Å². The van der Waals surface area contributed by atoms with Gasteiger partial charge in [-0.15, -0.1) is 0 Å². The molecule has 0 aliphatic rings. The van der Waals surface area contributed by atoms with Gasteiger partial charge in [0.25, 0.3) is 0 Å². The van der Waals surface area contributed by atoms with Crippen molar-refractivity contribution in [2.45, 2.75) is 43.8 Å². The second-order valence-electron chi connectivity index (χ2n) is 6.09. The van der Waals surface area contributed by atoms with E-state index in [9.17, 15) is 19.2 Å². The SMILES string of the molecule is CSCCC(NC(=O)CNC(=O)C(CCCCN)NC(=O)C(N)CO)C(=O)O. The minimum Gasteiger partial charge on any atom is -0.480 e. The number of carbonyl (C=O) groups is 4. The van der Waals surface area contributed by atoms with E-state index in [1.807, 2.05) is 6.26 Å². The molecule has 3 atom stereocenters. The summed E-state index contributed by atoms with van der Waals surface area (Å²) < 4.78 is 0. The third-order valence-corrected chi connectivity index (χ3v) is 4.42. The Balaban J connectivity index is 4.70. The molecule has 0 rings (SSSR count). The highest BCUT2D eigenvalue weighted by molar-refractivity contribution is 7.98. The number of nitrogens with two attached hydrogens (primary N) is 2. The van der Waals surface area contributed by atoms with Crippen molar-refractivity contribution in [2.75, 3.05) is 31.7 Å². The molecule has 3 amide bonds. The summed E-state index contributed by atoms with van der Waals surface area (Å²) in [5.74, 6) is -2.55. The second-order valence-corrected chi connectivity index (χ2v) is 7.08. The molecule has 0 aromatic rings. The molecule has 11 nitrogen and oxygen atoms in total. The maximum atomic E-state index is 12.3. The van der Waals surface area contributed by atoms with Gasteiger partial charge in [-0.1, -0.05) is 0 Å². The van der Waals surface area contributed by atoms with Crippen molar-refractivity contribution in [2.24, 2.45) is 11.5 Å². The van der Waals surface area contributed by atoms with Crippen molar-refractivity contribution in [3.05, 3.63) is 0 Å². The highest BCUT2D eigenvalue weighted by Gasteiger charge is 2.24. The number of aliphatic carboxylic acids is 1. The summed E-state index contributed by atoms with van der Waals surface area (Å²) >= 11 is 1.45. The molecular formula is C16H31N5O6S. The van der Waals surface area contributed by atoms with Crippen LogP contribution < -0.4 is 27.4 Å². The summed E-state index contributed by atoms with van der Waals surface area (Å²) in [6.07, 6.45) is 3.56. The Kier molecular flexibility index (Phi) is 14.1. The lowest BCUT2D eigenvalue weighted by Crippen LogP contribution is -2.54. The van der Waals surface area contributed by atoms with Gasteiger partial charge in [-0.2, -0.15) is 11.8 Å². The molecule has 0 heterocycles. The zero-order valence-corrected chi connectivity index (χ0v) is 16.8. The molecule has 0 radical (unpaired) electrons. The Hall–Kier alpha value is -1.89. The van der Waals surface area contributed by atoms with Gasteiger partial charge in [-0.25, -0.2) is 4.79 Å². The number of carboxylic acids is 1. The molecule has 0 bridgehead atoms. The number of unbranched alkanes of at least 4 members (excludes halogenated alkanes) is 1. The van der Waals surface area contributed by atoms with E-state index in [1.165, 1.54) is 11.8 Å². The van der Waals surface area contributed by atoms with Gasteiger partial charge in [0.15, 0.2) is 0 Å². The van der Waals surface area contributed by atoms with E-state index in [4.69, 9.17) is 21.7 Å². The molecule has 0 aliphatic heterocycles. The average molecular weight is 422 g/mol. The fraction of sp³-hybridized carbons (Fsp3) is 0.750. The quantitative estimate of drug-likeness (QED) is 0.138. The lowest BCUT2D eigenvalue weighted by atomic mass is 10.1. The molecule has 0 aromatic heterocycles. The predicted octanol–water partition coefficient (Wildman–Crippen LogP) is -2.64. The van der Waals surface area contributed by atoms with E-state index in [1.54, 1.807) is 0 Å². The van der Waals surface area contributed by atoms with Crippen molar-refractivity contribution in [1.82, 2.24) is 16.0 Å². The summed E-state index contributed by atoms with van der Waals surface area (Å²) in [7, 11) is 0. The van der Waals surface area contributed by atoms with Gasteiger partial charge in [0.2, 0.25) is 17.7 Å². The topological polar surface area (TPSA) is 197 Å². The Morgan fingerprint density at radius 2 is 1.71 bits per heavy atom. The predicted molar refractivity (Wildman–Crippen MR) is 105 cm³/mol. The van der Waals surface area contributed by atoms with Crippen LogP contribution >= 0.6 is 11.8 Å². The van der Waals surface area contributed by atoms with Crippen molar-refractivity contribution in [3.8, 4) is 0 Å². The van der Waals surface area contributed by atoms with Gasteiger partial charge < -0.3 is 37.6 Å². The molecule has 0 aromatic carbocycles. The Bertz CT molecular complexity index is 522. The van der Waals surface area contributed by atoms with Crippen LogP contribution in [0.15, 0.2) is 0 Å². The first-order valence-electron chi connectivity index (χ1n) is 8.92. The number of hydrogen-bond donors (Lipinski definition) is 7. The molecule has 162 valence electrons. The fourth-order valence-corrected chi connectivity index (χ4v) is 2.62. The van der Waals surface area contributed by atoms with Crippen LogP contribution in [0.4, 0.5) is 0 Å². The van der Waals surface area contributed by atoms with Crippen LogP contribution in [-0.2, 0) is 19.2 Å². The number of hydrogen-bond acceptors (Lipinski definition) is 8. The van der Waals surface area contributed by atoms with Crippen LogP contribution in [0.2, 0.25) is 0 Å². The zero-order valence-electron chi connectivity index (χ0n) is 16.0. The average Bonchev–Trinajstić information content (AvgIpc) is 2.67. The molecular weight excluding hydrogens is 390 g/mol. The van der Waals surface area contributed by atoms with Gasteiger partial charge in [0, 0.05) is 0 Å². The summed E-state index contributed by atoms with van der Waals surface area (Å²) in [6, 6.07) is -3.16. The third-order valence-electron chi connectivity index (χ3n) is 3.78. The normalized spacial score (nSPS) is 13.9. The monoisotopic (exact) mass is 421 g/mol. The van der Waals surface area contributed by atoms with Crippen LogP contribution in [0.1, 0.15) is 25.7 Å². The first kappa shape index (κ1) is 26.1. The molecule has 9 N–H and O–H groups in total. The number of aliphatic hydroxyl groups is 1. The summed E-state index contributed by atoms with van der Waals surface area (Å²) in [6.45, 7) is -0.581. The molecule has 0 fully saturated rings. The molecule has 0 saturated carbocycles. The standard InChI is InChI=1S/C16H31N5O6S/c1-28-7-5-12(16(26)27)20-13(23)8-19-15(25)11(4-2-3-6-17)21-14(24)10(18)9-22/h10-12,22H,2-9,17-18H2,1H3,(H,19,25)(H,20,23)(H,21,24)(H,26,27). The smallest absolute Gasteiger partial charge is 0.326 e. The second kappa shape index (κ2) is 15.1. The van der Waals surface area contributed by atoms with Crippen molar-refractivity contribution in [3.63, 3.8) is 0 Å². The van der Waals surface area contributed by atoms with E-state index in [2.05, 4.69) is 16.0 Å². The van der Waals surface area contributed by atoms with E-state index in [-0.39, 0.29) is 12.8 Å². The molecule has 28 heavy (non-hydrogen) atoms. The maximum absolute atomic E-state index is 12.3. The number of carboxylic acid groups (broad SMARTS) is 1. The van der Waals surface area contributed by atoms with E-state index in [0.29, 0.717) is 25.1 Å². The van der Waals surface area contributed by atoms with Crippen LogP contribution in [0.25, 0.3) is 0 Å². The van der Waals surface area contributed by atoms with Gasteiger partial charge in [0.05, 0.1) is 13.2 Å². The summed E-state index contributed by atoms with van der Waals surface area (Å²) in [5.41, 5.74) is 10.9. The van der Waals surface area contributed by atoms with Crippen molar-refractivity contribution >= 4 is 35.5 Å². The van der Waals surface area contributed by atoms with E-state index >= 15 is 0 Å². The van der Waals surface area contributed by atoms with E-state index < -0.39 is 55.0 Å². The van der Waals surface area contributed by atoms with Crippen LogP contribution in [0, 0.1) is 0 Å². The van der Waals surface area contributed by atoms with Gasteiger partial charge in [0.1, 0.15) is 18.1 Å². The Labute approximate surface area is 168 Å². The van der Waals surface area contributed by atoms with E-state index in [0.717, 1.165) is 0 Å². The minimum absolute atomic E-state index is 0.257. The first-order chi connectivity index (χ1) is 13.3. The molecule has 0 aliphatic carbocycles.